The maximum atomic E-state index is 9.45. The molecule has 61 heavy (non-hydrogen) atoms. The van der Waals surface area contributed by atoms with Crippen molar-refractivity contribution in [2.45, 2.75) is 5.41 Å². The lowest BCUT2D eigenvalue weighted by Crippen LogP contribution is -2.28. The molecule has 10 aromatic carbocycles. The average Bonchev–Trinajstić information content (AvgIpc) is 3.61. The fraction of sp³-hybridized carbons (Fsp3) is 0.0877. The predicted octanol–water partition coefficient (Wildman–Crippen LogP) is 12.7. The number of hydrogen-bond acceptors (Lipinski definition) is 4. The molecule has 0 aliphatic heterocycles. The van der Waals surface area contributed by atoms with Gasteiger partial charge in [-0.1, -0.05) is 133 Å². The van der Waals surface area contributed by atoms with Crippen LogP contribution in [-0.2, 0) is 5.41 Å². The lowest BCUT2D eigenvalue weighted by Gasteiger charge is -2.35. The Kier molecular flexibility index (Phi) is 9.11. The Morgan fingerprint density at radius 2 is 0.689 bits per heavy atom. The normalized spacial score (nSPS) is 12.8. The van der Waals surface area contributed by atoms with E-state index < -0.39 is 5.41 Å². The quantitative estimate of drug-likeness (QED) is 0.145. The van der Waals surface area contributed by atoms with E-state index in [0.29, 0.717) is 0 Å². The summed E-state index contributed by atoms with van der Waals surface area (Å²) in [4.78, 5) is 0. The Morgan fingerprint density at radius 3 is 1.15 bits per heavy atom. The molecule has 2 N–H and O–H groups in total. The van der Waals surface area contributed by atoms with Crippen LogP contribution in [0.3, 0.4) is 0 Å². The first-order valence-electron chi connectivity index (χ1n) is 20.9. The minimum Gasteiger partial charge on any atom is -0.491 e. The second kappa shape index (κ2) is 15.1. The van der Waals surface area contributed by atoms with Gasteiger partial charge in [0.05, 0.1) is 18.6 Å². The van der Waals surface area contributed by atoms with E-state index in [4.69, 9.17) is 9.47 Å². The van der Waals surface area contributed by atoms with Crippen LogP contribution in [0.25, 0.3) is 76.5 Å². The summed E-state index contributed by atoms with van der Waals surface area (Å²) in [6.07, 6.45) is 0. The molecule has 0 radical (unpaired) electrons. The Morgan fingerprint density at radius 1 is 0.328 bits per heavy atom. The molecule has 10 aromatic rings. The Labute approximate surface area is 354 Å². The van der Waals surface area contributed by atoms with Crippen molar-refractivity contribution >= 4 is 43.1 Å². The first-order valence-corrected chi connectivity index (χ1v) is 20.9. The number of benzene rings is 10. The smallest absolute Gasteiger partial charge is 0.120 e. The molecule has 1 aliphatic rings. The molecule has 0 spiro atoms. The monoisotopic (exact) mass is 790 g/mol. The molecule has 0 atom stereocenters. The zero-order valence-corrected chi connectivity index (χ0v) is 33.5. The number of rotatable bonds is 10. The maximum Gasteiger partial charge on any atom is 0.120 e. The standard InChI is InChI=1S/C57H42O4/c58-25-27-60-51-21-15-43-31-49(19-13-45(43)33-51)57(50-20-14-46-34-52(61-28-26-59)22-16-44(46)32-50)55-35-47(41-11-9-37-5-1-3-7-39(37)29-41)17-23-53(55)54-24-18-48(36-56(54)57)42-12-10-38-6-2-4-8-40(38)30-42/h1-24,29-36,58-59H,25-28H2. The lowest BCUT2D eigenvalue weighted by atomic mass is 9.66. The highest BCUT2D eigenvalue weighted by Gasteiger charge is 2.47. The van der Waals surface area contributed by atoms with Crippen molar-refractivity contribution in [3.63, 3.8) is 0 Å². The van der Waals surface area contributed by atoms with Gasteiger partial charge >= 0.3 is 0 Å². The van der Waals surface area contributed by atoms with Crippen LogP contribution in [0.5, 0.6) is 11.5 Å². The van der Waals surface area contributed by atoms with Crippen molar-refractivity contribution in [1.82, 2.24) is 0 Å². The van der Waals surface area contributed by atoms with Crippen molar-refractivity contribution < 1.29 is 19.7 Å². The van der Waals surface area contributed by atoms with Gasteiger partial charge in [0.25, 0.3) is 0 Å². The summed E-state index contributed by atoms with van der Waals surface area (Å²) in [6.45, 7) is 0.416. The fourth-order valence-corrected chi connectivity index (χ4v) is 9.63. The fourth-order valence-electron chi connectivity index (χ4n) is 9.63. The van der Waals surface area contributed by atoms with Crippen LogP contribution in [0.4, 0.5) is 0 Å². The second-order valence-corrected chi connectivity index (χ2v) is 16.0. The third kappa shape index (κ3) is 6.31. The molecule has 0 amide bonds. The Hall–Kier alpha value is -7.24. The van der Waals surface area contributed by atoms with Gasteiger partial charge in [-0.15, -0.1) is 0 Å². The molecular weight excluding hydrogens is 749 g/mol. The van der Waals surface area contributed by atoms with Gasteiger partial charge in [0.2, 0.25) is 0 Å². The summed E-state index contributed by atoms with van der Waals surface area (Å²) in [5.74, 6) is 1.47. The van der Waals surface area contributed by atoms with Crippen LogP contribution < -0.4 is 9.47 Å². The highest BCUT2D eigenvalue weighted by Crippen LogP contribution is 2.58. The largest absolute Gasteiger partial charge is 0.491 e. The van der Waals surface area contributed by atoms with E-state index >= 15 is 0 Å². The van der Waals surface area contributed by atoms with Gasteiger partial charge in [-0.2, -0.15) is 0 Å². The van der Waals surface area contributed by atoms with E-state index in [-0.39, 0.29) is 26.4 Å². The number of fused-ring (bicyclic) bond motifs is 7. The third-order valence-electron chi connectivity index (χ3n) is 12.5. The van der Waals surface area contributed by atoms with E-state index in [0.717, 1.165) is 55.3 Å². The first-order chi connectivity index (χ1) is 30.1. The van der Waals surface area contributed by atoms with E-state index in [9.17, 15) is 10.2 Å². The summed E-state index contributed by atoms with van der Waals surface area (Å²) in [5, 5.41) is 28.1. The third-order valence-corrected chi connectivity index (χ3v) is 12.5. The molecule has 0 aromatic heterocycles. The van der Waals surface area contributed by atoms with E-state index in [1.807, 2.05) is 12.1 Å². The summed E-state index contributed by atoms with van der Waals surface area (Å²) < 4.78 is 11.7. The van der Waals surface area contributed by atoms with Crippen molar-refractivity contribution in [2.75, 3.05) is 26.4 Å². The molecule has 11 rings (SSSR count). The number of aliphatic hydroxyl groups excluding tert-OH is 2. The van der Waals surface area contributed by atoms with Gasteiger partial charge in [-0.25, -0.2) is 0 Å². The maximum absolute atomic E-state index is 9.45. The van der Waals surface area contributed by atoms with Crippen LogP contribution in [0.2, 0.25) is 0 Å². The van der Waals surface area contributed by atoms with Crippen LogP contribution in [0.1, 0.15) is 22.3 Å². The molecule has 0 unspecified atom stereocenters. The summed E-state index contributed by atoms with van der Waals surface area (Å²) >= 11 is 0. The van der Waals surface area contributed by atoms with Crippen molar-refractivity contribution in [3.05, 3.63) is 216 Å². The van der Waals surface area contributed by atoms with Crippen LogP contribution in [0.15, 0.2) is 194 Å². The Bertz CT molecular complexity index is 3090. The molecule has 294 valence electrons. The van der Waals surface area contributed by atoms with Gasteiger partial charge < -0.3 is 19.7 Å². The summed E-state index contributed by atoms with van der Waals surface area (Å²) in [6, 6.07) is 70.8. The SMILES string of the molecule is OCCOc1ccc2cc(C3(c4ccc5cc(OCCO)ccc5c4)c4cc(-c5ccc6ccccc6c5)ccc4-c4ccc(-c5ccc6ccccc6c5)cc43)ccc2c1. The summed E-state index contributed by atoms with van der Waals surface area (Å²) in [5.41, 5.74) is 11.2. The highest BCUT2D eigenvalue weighted by atomic mass is 16.5. The molecule has 0 saturated carbocycles. The van der Waals surface area contributed by atoms with Crippen molar-refractivity contribution in [1.29, 1.82) is 0 Å². The van der Waals surface area contributed by atoms with E-state index in [2.05, 4.69) is 182 Å². The number of ether oxygens (including phenoxy) is 2. The van der Waals surface area contributed by atoms with Gasteiger partial charge in [0.15, 0.2) is 0 Å². The first kappa shape index (κ1) is 36.8. The zero-order chi connectivity index (χ0) is 40.9. The van der Waals surface area contributed by atoms with Crippen LogP contribution >= 0.6 is 0 Å². The molecule has 4 nitrogen and oxygen atoms in total. The zero-order valence-electron chi connectivity index (χ0n) is 33.5. The molecule has 0 fully saturated rings. The number of aliphatic hydroxyl groups is 2. The van der Waals surface area contributed by atoms with Crippen LogP contribution in [0, 0.1) is 0 Å². The van der Waals surface area contributed by atoms with Crippen molar-refractivity contribution in [3.8, 4) is 44.9 Å². The molecule has 4 heteroatoms. The van der Waals surface area contributed by atoms with Gasteiger partial charge in [0, 0.05) is 0 Å². The molecule has 0 bridgehead atoms. The molecule has 0 heterocycles. The van der Waals surface area contributed by atoms with Crippen molar-refractivity contribution in [2.24, 2.45) is 0 Å². The minimum atomic E-state index is -0.717. The van der Waals surface area contributed by atoms with E-state index in [1.165, 1.54) is 54.9 Å². The molecule has 1 aliphatic carbocycles. The van der Waals surface area contributed by atoms with Gasteiger partial charge in [0.1, 0.15) is 24.7 Å². The van der Waals surface area contributed by atoms with Crippen LogP contribution in [-0.4, -0.2) is 36.6 Å². The lowest BCUT2D eigenvalue weighted by molar-refractivity contribution is 0.201. The van der Waals surface area contributed by atoms with Gasteiger partial charge in [-0.3, -0.25) is 0 Å². The highest BCUT2D eigenvalue weighted by molar-refractivity contribution is 5.96. The second-order valence-electron chi connectivity index (χ2n) is 16.0. The van der Waals surface area contributed by atoms with E-state index in [1.54, 1.807) is 0 Å². The summed E-state index contributed by atoms with van der Waals surface area (Å²) in [7, 11) is 0. The minimum absolute atomic E-state index is 0.0382. The predicted molar refractivity (Wildman–Crippen MR) is 250 cm³/mol. The number of hydrogen-bond donors (Lipinski definition) is 2. The van der Waals surface area contributed by atoms with Gasteiger partial charge in [-0.05, 0) is 159 Å². The Balaban J connectivity index is 1.19. The average molecular weight is 791 g/mol. The molecule has 0 saturated heterocycles. The topological polar surface area (TPSA) is 58.9 Å². The molecular formula is C57H42O4.